The zero-order valence-corrected chi connectivity index (χ0v) is 8.82. The number of amides is 1. The minimum absolute atomic E-state index is 0.0430. The predicted molar refractivity (Wildman–Crippen MR) is 54.9 cm³/mol. The molecule has 1 amide bonds. The molecule has 0 unspecified atom stereocenters. The number of hydrogen-bond acceptors (Lipinski definition) is 3. The second kappa shape index (κ2) is 4.13. The Balaban J connectivity index is 2.99. The number of aromatic nitrogens is 2. The fraction of sp³-hybridized carbons (Fsp3) is 0.556. The van der Waals surface area contributed by atoms with Gasteiger partial charge in [0.15, 0.2) is 0 Å². The van der Waals surface area contributed by atoms with Crippen molar-refractivity contribution < 1.29 is 4.79 Å². The summed E-state index contributed by atoms with van der Waals surface area (Å²) < 4.78 is 1.61. The highest BCUT2D eigenvalue weighted by Gasteiger charge is 2.16. The first-order valence-electron chi connectivity index (χ1n) is 4.68. The quantitative estimate of drug-likeness (QED) is 0.769. The molecule has 1 aromatic heterocycles. The number of hydrogen-bond donors (Lipinski definition) is 1. The van der Waals surface area contributed by atoms with E-state index in [1.54, 1.807) is 22.7 Å². The summed E-state index contributed by atoms with van der Waals surface area (Å²) in [6.07, 6.45) is 0. The maximum Gasteiger partial charge on any atom is 0.271 e. The number of anilines is 1. The molecule has 2 N–H and O–H groups in total. The molecule has 0 atom stereocenters. The lowest BCUT2D eigenvalue weighted by molar-refractivity contribution is 0.0790. The normalized spacial score (nSPS) is 10.2. The van der Waals surface area contributed by atoms with Gasteiger partial charge in [0.25, 0.3) is 5.91 Å². The Morgan fingerprint density at radius 3 is 2.79 bits per heavy atom. The molecule has 0 saturated heterocycles. The van der Waals surface area contributed by atoms with Crippen LogP contribution in [0.25, 0.3) is 0 Å². The average Bonchev–Trinajstić information content (AvgIpc) is 2.57. The van der Waals surface area contributed by atoms with Crippen LogP contribution in [0.3, 0.4) is 0 Å². The molecule has 0 radical (unpaired) electrons. The van der Waals surface area contributed by atoms with Gasteiger partial charge < -0.3 is 10.6 Å². The lowest BCUT2D eigenvalue weighted by Crippen LogP contribution is -2.28. The third-order valence-corrected chi connectivity index (χ3v) is 2.14. The van der Waals surface area contributed by atoms with E-state index in [2.05, 4.69) is 5.10 Å². The SMILES string of the molecule is CCN(C)C(=O)c1cc(N)nn1CC. The molecular formula is C9H16N4O. The van der Waals surface area contributed by atoms with Gasteiger partial charge in [-0.15, -0.1) is 0 Å². The molecule has 0 saturated carbocycles. The fourth-order valence-corrected chi connectivity index (χ4v) is 1.19. The van der Waals surface area contributed by atoms with Crippen molar-refractivity contribution in [2.75, 3.05) is 19.3 Å². The molecule has 78 valence electrons. The van der Waals surface area contributed by atoms with Crippen molar-refractivity contribution in [2.24, 2.45) is 0 Å². The van der Waals surface area contributed by atoms with Crippen molar-refractivity contribution in [1.29, 1.82) is 0 Å². The summed E-state index contributed by atoms with van der Waals surface area (Å²) >= 11 is 0. The lowest BCUT2D eigenvalue weighted by atomic mass is 10.3. The van der Waals surface area contributed by atoms with E-state index in [9.17, 15) is 4.79 Å². The molecule has 0 fully saturated rings. The van der Waals surface area contributed by atoms with Crippen molar-refractivity contribution in [3.8, 4) is 0 Å². The van der Waals surface area contributed by atoms with E-state index in [0.717, 1.165) is 0 Å². The van der Waals surface area contributed by atoms with Gasteiger partial charge in [-0.2, -0.15) is 5.10 Å². The van der Waals surface area contributed by atoms with Gasteiger partial charge >= 0.3 is 0 Å². The van der Waals surface area contributed by atoms with E-state index in [4.69, 9.17) is 5.73 Å². The van der Waals surface area contributed by atoms with Gasteiger partial charge in [0.1, 0.15) is 11.5 Å². The topological polar surface area (TPSA) is 64.2 Å². The number of nitrogen functional groups attached to an aromatic ring is 1. The number of carbonyl (C=O) groups is 1. The molecular weight excluding hydrogens is 180 g/mol. The first-order chi connectivity index (χ1) is 6.60. The zero-order chi connectivity index (χ0) is 10.7. The zero-order valence-electron chi connectivity index (χ0n) is 8.82. The molecule has 1 heterocycles. The Hall–Kier alpha value is -1.52. The Kier molecular flexibility index (Phi) is 3.11. The molecule has 0 aliphatic heterocycles. The molecule has 14 heavy (non-hydrogen) atoms. The highest BCUT2D eigenvalue weighted by atomic mass is 16.2. The average molecular weight is 196 g/mol. The standard InChI is InChI=1S/C9H16N4O/c1-4-12(3)9(14)7-6-8(10)11-13(7)5-2/h6H,4-5H2,1-3H3,(H2,10,11). The Morgan fingerprint density at radius 2 is 2.29 bits per heavy atom. The third kappa shape index (κ3) is 1.86. The van der Waals surface area contributed by atoms with Crippen LogP contribution < -0.4 is 5.73 Å². The molecule has 1 aromatic rings. The van der Waals surface area contributed by atoms with Gasteiger partial charge in [-0.1, -0.05) is 0 Å². The molecule has 0 bridgehead atoms. The van der Waals surface area contributed by atoms with Gasteiger partial charge in [0.05, 0.1) is 0 Å². The molecule has 0 aliphatic rings. The number of carbonyl (C=O) groups excluding carboxylic acids is 1. The maximum absolute atomic E-state index is 11.8. The highest BCUT2D eigenvalue weighted by molar-refractivity contribution is 5.93. The minimum atomic E-state index is -0.0430. The smallest absolute Gasteiger partial charge is 0.271 e. The van der Waals surface area contributed by atoms with E-state index in [-0.39, 0.29) is 5.91 Å². The maximum atomic E-state index is 11.8. The number of aryl methyl sites for hydroxylation is 1. The first kappa shape index (κ1) is 10.6. The molecule has 5 nitrogen and oxygen atoms in total. The molecule has 5 heteroatoms. The predicted octanol–water partition coefficient (Wildman–Crippen LogP) is 0.577. The van der Waals surface area contributed by atoms with E-state index < -0.39 is 0 Å². The van der Waals surface area contributed by atoms with Gasteiger partial charge in [-0.3, -0.25) is 9.48 Å². The summed E-state index contributed by atoms with van der Waals surface area (Å²) in [5.74, 6) is 0.346. The largest absolute Gasteiger partial charge is 0.382 e. The first-order valence-corrected chi connectivity index (χ1v) is 4.68. The monoisotopic (exact) mass is 196 g/mol. The van der Waals surface area contributed by atoms with Gasteiger partial charge in [-0.25, -0.2) is 0 Å². The second-order valence-electron chi connectivity index (χ2n) is 3.09. The van der Waals surface area contributed by atoms with E-state index in [1.807, 2.05) is 13.8 Å². The van der Waals surface area contributed by atoms with Crippen molar-refractivity contribution >= 4 is 11.7 Å². The van der Waals surface area contributed by atoms with E-state index >= 15 is 0 Å². The molecule has 0 aromatic carbocycles. The minimum Gasteiger partial charge on any atom is -0.382 e. The van der Waals surface area contributed by atoms with Crippen molar-refractivity contribution in [3.05, 3.63) is 11.8 Å². The summed E-state index contributed by atoms with van der Waals surface area (Å²) in [4.78, 5) is 13.4. The number of nitrogens with two attached hydrogens (primary N) is 1. The van der Waals surface area contributed by atoms with Crippen LogP contribution in [-0.2, 0) is 6.54 Å². The summed E-state index contributed by atoms with van der Waals surface area (Å²) in [7, 11) is 1.76. The Labute approximate surface area is 83.5 Å². The van der Waals surface area contributed by atoms with Crippen LogP contribution in [0.1, 0.15) is 24.3 Å². The Bertz CT molecular complexity index is 332. The summed E-state index contributed by atoms with van der Waals surface area (Å²) in [6, 6.07) is 1.61. The van der Waals surface area contributed by atoms with Crippen LogP contribution in [0.2, 0.25) is 0 Å². The van der Waals surface area contributed by atoms with Crippen LogP contribution in [0.5, 0.6) is 0 Å². The number of rotatable bonds is 3. The van der Waals surface area contributed by atoms with Crippen LogP contribution in [0.15, 0.2) is 6.07 Å². The van der Waals surface area contributed by atoms with E-state index in [1.165, 1.54) is 0 Å². The van der Waals surface area contributed by atoms with E-state index in [0.29, 0.717) is 24.6 Å². The van der Waals surface area contributed by atoms with Gasteiger partial charge in [0, 0.05) is 26.2 Å². The summed E-state index contributed by atoms with van der Waals surface area (Å²) in [6.45, 7) is 5.17. The van der Waals surface area contributed by atoms with Crippen LogP contribution in [-0.4, -0.2) is 34.2 Å². The van der Waals surface area contributed by atoms with Crippen LogP contribution in [0.4, 0.5) is 5.82 Å². The van der Waals surface area contributed by atoms with Crippen molar-refractivity contribution in [1.82, 2.24) is 14.7 Å². The number of nitrogens with zero attached hydrogens (tertiary/aromatic N) is 3. The summed E-state index contributed by atoms with van der Waals surface area (Å²) in [5.41, 5.74) is 6.08. The summed E-state index contributed by atoms with van der Waals surface area (Å²) in [5, 5.41) is 4.01. The van der Waals surface area contributed by atoms with Crippen molar-refractivity contribution in [3.63, 3.8) is 0 Å². The van der Waals surface area contributed by atoms with Crippen LogP contribution in [0, 0.1) is 0 Å². The molecule has 0 aliphatic carbocycles. The van der Waals surface area contributed by atoms with Crippen molar-refractivity contribution in [2.45, 2.75) is 20.4 Å². The highest BCUT2D eigenvalue weighted by Crippen LogP contribution is 2.08. The molecule has 0 spiro atoms. The molecule has 1 rings (SSSR count). The lowest BCUT2D eigenvalue weighted by Gasteiger charge is -2.14. The second-order valence-corrected chi connectivity index (χ2v) is 3.09. The van der Waals surface area contributed by atoms with Gasteiger partial charge in [0.2, 0.25) is 0 Å². The van der Waals surface area contributed by atoms with Crippen LogP contribution >= 0.6 is 0 Å². The van der Waals surface area contributed by atoms with Gasteiger partial charge in [-0.05, 0) is 13.8 Å². The Morgan fingerprint density at radius 1 is 1.64 bits per heavy atom. The third-order valence-electron chi connectivity index (χ3n) is 2.14. The fourth-order valence-electron chi connectivity index (χ4n) is 1.19.